The van der Waals surface area contributed by atoms with Crippen molar-refractivity contribution < 1.29 is 24.2 Å². The number of hydrogen-bond donors (Lipinski definition) is 2. The summed E-state index contributed by atoms with van der Waals surface area (Å²) in [6.45, 7) is 5.48. The van der Waals surface area contributed by atoms with Gasteiger partial charge in [0.1, 0.15) is 12.1 Å². The van der Waals surface area contributed by atoms with Gasteiger partial charge in [0.15, 0.2) is 0 Å². The molecule has 0 saturated carbocycles. The van der Waals surface area contributed by atoms with Crippen molar-refractivity contribution in [2.24, 2.45) is 0 Å². The number of carbonyl (C=O) groups is 3. The van der Waals surface area contributed by atoms with Crippen LogP contribution in [0.5, 0.6) is 0 Å². The van der Waals surface area contributed by atoms with Gasteiger partial charge < -0.3 is 20.1 Å². The van der Waals surface area contributed by atoms with Gasteiger partial charge in [-0.2, -0.15) is 0 Å². The third kappa shape index (κ3) is 6.12. The zero-order valence-electron chi connectivity index (χ0n) is 23.6. The molecule has 1 fully saturated rings. The predicted molar refractivity (Wildman–Crippen MR) is 156 cm³/mol. The van der Waals surface area contributed by atoms with Crippen molar-refractivity contribution in [2.45, 2.75) is 50.7 Å². The molecule has 0 radical (unpaired) electrons. The molecule has 1 saturated heterocycles. The molecule has 5 rings (SSSR count). The standard InChI is InChI=1S/C33H37N3O5/c1-23(2)36(18-16-30(37)38)31(39)33(17-19-35(22-33)20-24-10-4-3-5-11-24)34-32(40)41-21-29-27-14-8-6-12-25(27)26-13-7-9-15-28(26)29/h3-15,23,29H,16-22H2,1-2H3,(H,34,40)(H,37,38). The van der Waals surface area contributed by atoms with Gasteiger partial charge in [-0.05, 0) is 48.1 Å². The fourth-order valence-corrected chi connectivity index (χ4v) is 6.11. The van der Waals surface area contributed by atoms with Crippen molar-refractivity contribution in [3.63, 3.8) is 0 Å². The summed E-state index contributed by atoms with van der Waals surface area (Å²) in [6, 6.07) is 26.0. The van der Waals surface area contributed by atoms with Crippen LogP contribution in [0.15, 0.2) is 78.9 Å². The summed E-state index contributed by atoms with van der Waals surface area (Å²) in [6.07, 6.45) is -0.415. The highest BCUT2D eigenvalue weighted by molar-refractivity contribution is 5.91. The maximum absolute atomic E-state index is 14.1. The van der Waals surface area contributed by atoms with E-state index in [0.717, 1.165) is 27.8 Å². The van der Waals surface area contributed by atoms with Crippen molar-refractivity contribution in [1.82, 2.24) is 15.1 Å². The van der Waals surface area contributed by atoms with Gasteiger partial charge in [-0.1, -0.05) is 78.9 Å². The van der Waals surface area contributed by atoms with Crippen LogP contribution in [0.1, 0.15) is 49.3 Å². The molecule has 8 nitrogen and oxygen atoms in total. The second-order valence-electron chi connectivity index (χ2n) is 11.2. The maximum atomic E-state index is 14.1. The Kier molecular flexibility index (Phi) is 8.40. The topological polar surface area (TPSA) is 99.2 Å². The number of hydrogen-bond acceptors (Lipinski definition) is 5. The van der Waals surface area contributed by atoms with Gasteiger partial charge in [-0.15, -0.1) is 0 Å². The molecule has 1 unspecified atom stereocenters. The number of ether oxygens (including phenoxy) is 1. The van der Waals surface area contributed by atoms with E-state index in [1.165, 1.54) is 0 Å². The lowest BCUT2D eigenvalue weighted by molar-refractivity contribution is -0.142. The first kappa shape index (κ1) is 28.4. The molecule has 2 aliphatic rings. The van der Waals surface area contributed by atoms with Crippen molar-refractivity contribution >= 4 is 18.0 Å². The number of carbonyl (C=O) groups excluding carboxylic acids is 2. The van der Waals surface area contributed by atoms with Gasteiger partial charge in [0, 0.05) is 38.1 Å². The molecule has 1 aliphatic heterocycles. The van der Waals surface area contributed by atoms with Gasteiger partial charge in [-0.25, -0.2) is 4.79 Å². The Hall–Kier alpha value is -4.17. The van der Waals surface area contributed by atoms with E-state index in [1.807, 2.05) is 68.4 Å². The number of fused-ring (bicyclic) bond motifs is 3. The van der Waals surface area contributed by atoms with Crippen LogP contribution in [-0.4, -0.2) is 70.7 Å². The molecular weight excluding hydrogens is 518 g/mol. The lowest BCUT2D eigenvalue weighted by Gasteiger charge is -2.37. The summed E-state index contributed by atoms with van der Waals surface area (Å²) < 4.78 is 5.84. The summed E-state index contributed by atoms with van der Waals surface area (Å²) in [5.41, 5.74) is 4.40. The summed E-state index contributed by atoms with van der Waals surface area (Å²) in [4.78, 5) is 42.5. The third-order valence-corrected chi connectivity index (χ3v) is 8.14. The van der Waals surface area contributed by atoms with Gasteiger partial charge in [-0.3, -0.25) is 14.5 Å². The number of aliphatic carboxylic acids is 1. The van der Waals surface area contributed by atoms with Crippen LogP contribution in [0.25, 0.3) is 11.1 Å². The number of benzene rings is 3. The summed E-state index contributed by atoms with van der Waals surface area (Å²) in [5, 5.41) is 12.2. The van der Waals surface area contributed by atoms with Crippen molar-refractivity contribution in [3.05, 3.63) is 95.6 Å². The molecule has 0 spiro atoms. The molecule has 41 heavy (non-hydrogen) atoms. The quantitative estimate of drug-likeness (QED) is 0.370. The number of amides is 2. The molecule has 214 valence electrons. The number of carboxylic acids is 1. The highest BCUT2D eigenvalue weighted by Gasteiger charge is 2.48. The molecule has 8 heteroatoms. The maximum Gasteiger partial charge on any atom is 0.408 e. The van der Waals surface area contributed by atoms with E-state index in [1.54, 1.807) is 4.90 Å². The largest absolute Gasteiger partial charge is 0.481 e. The van der Waals surface area contributed by atoms with Crippen molar-refractivity contribution in [1.29, 1.82) is 0 Å². The number of nitrogens with one attached hydrogen (secondary N) is 1. The van der Waals surface area contributed by atoms with Crippen molar-refractivity contribution in [3.8, 4) is 11.1 Å². The Labute approximate surface area is 240 Å². The van der Waals surface area contributed by atoms with Gasteiger partial charge in [0.2, 0.25) is 5.91 Å². The number of carboxylic acid groups (broad SMARTS) is 1. The molecule has 1 heterocycles. The zero-order valence-corrected chi connectivity index (χ0v) is 23.6. The fourth-order valence-electron chi connectivity index (χ4n) is 6.11. The van der Waals surface area contributed by atoms with Crippen LogP contribution >= 0.6 is 0 Å². The Morgan fingerprint density at radius 2 is 1.59 bits per heavy atom. The second-order valence-corrected chi connectivity index (χ2v) is 11.2. The van der Waals surface area contributed by atoms with E-state index in [2.05, 4.69) is 34.5 Å². The molecule has 3 aromatic carbocycles. The summed E-state index contributed by atoms with van der Waals surface area (Å²) in [5.74, 6) is -1.35. The van der Waals surface area contributed by atoms with Crippen LogP contribution < -0.4 is 5.32 Å². The Bertz CT molecular complexity index is 1360. The second kappa shape index (κ2) is 12.1. The molecule has 1 aliphatic carbocycles. The van der Waals surface area contributed by atoms with E-state index in [4.69, 9.17) is 4.74 Å². The van der Waals surface area contributed by atoms with E-state index < -0.39 is 17.6 Å². The Morgan fingerprint density at radius 1 is 0.976 bits per heavy atom. The minimum Gasteiger partial charge on any atom is -0.481 e. The molecular formula is C33H37N3O5. The lowest BCUT2D eigenvalue weighted by Crippen LogP contribution is -2.62. The number of likely N-dealkylation sites (tertiary alicyclic amines) is 1. The fraction of sp³-hybridized carbons (Fsp3) is 0.364. The zero-order chi connectivity index (χ0) is 29.0. The molecule has 0 aromatic heterocycles. The monoisotopic (exact) mass is 555 g/mol. The van der Waals surface area contributed by atoms with Crippen LogP contribution in [0, 0.1) is 0 Å². The van der Waals surface area contributed by atoms with E-state index in [-0.39, 0.29) is 37.4 Å². The summed E-state index contributed by atoms with van der Waals surface area (Å²) in [7, 11) is 0. The minimum atomic E-state index is -1.22. The number of alkyl carbamates (subject to hydrolysis) is 1. The molecule has 2 N–H and O–H groups in total. The van der Waals surface area contributed by atoms with Crippen LogP contribution in [-0.2, 0) is 20.9 Å². The molecule has 3 aromatic rings. The number of nitrogens with zero attached hydrogens (tertiary/aromatic N) is 2. The third-order valence-electron chi connectivity index (χ3n) is 8.14. The average molecular weight is 556 g/mol. The van der Waals surface area contributed by atoms with E-state index >= 15 is 0 Å². The summed E-state index contributed by atoms with van der Waals surface area (Å²) >= 11 is 0. The highest BCUT2D eigenvalue weighted by atomic mass is 16.5. The van der Waals surface area contributed by atoms with Gasteiger partial charge in [0.05, 0.1) is 6.42 Å². The minimum absolute atomic E-state index is 0.0681. The van der Waals surface area contributed by atoms with Crippen LogP contribution in [0.4, 0.5) is 4.79 Å². The highest BCUT2D eigenvalue weighted by Crippen LogP contribution is 2.44. The first-order valence-corrected chi connectivity index (χ1v) is 14.2. The first-order valence-electron chi connectivity index (χ1n) is 14.2. The number of rotatable bonds is 10. The van der Waals surface area contributed by atoms with Gasteiger partial charge >= 0.3 is 12.1 Å². The molecule has 2 amide bonds. The van der Waals surface area contributed by atoms with Crippen LogP contribution in [0.2, 0.25) is 0 Å². The molecule has 1 atom stereocenters. The van der Waals surface area contributed by atoms with Crippen molar-refractivity contribution in [2.75, 3.05) is 26.2 Å². The average Bonchev–Trinajstić information content (AvgIpc) is 3.51. The SMILES string of the molecule is CC(C)N(CCC(=O)O)C(=O)C1(NC(=O)OCC2c3ccccc3-c3ccccc32)CCN(Cc2ccccc2)C1. The normalized spacial score (nSPS) is 18.1. The lowest BCUT2D eigenvalue weighted by atomic mass is 9.95. The Morgan fingerprint density at radius 3 is 2.20 bits per heavy atom. The molecule has 0 bridgehead atoms. The van der Waals surface area contributed by atoms with Gasteiger partial charge in [0.25, 0.3) is 0 Å². The Balaban J connectivity index is 1.34. The van der Waals surface area contributed by atoms with Crippen LogP contribution in [0.3, 0.4) is 0 Å². The smallest absolute Gasteiger partial charge is 0.408 e. The predicted octanol–water partition coefficient (Wildman–Crippen LogP) is 4.88. The van der Waals surface area contributed by atoms with E-state index in [9.17, 15) is 19.5 Å². The first-order chi connectivity index (χ1) is 19.8. The van der Waals surface area contributed by atoms with E-state index in [0.29, 0.717) is 26.1 Å².